The van der Waals surface area contributed by atoms with Crippen LogP contribution in [-0.2, 0) is 9.59 Å². The standard InChI is InChI=1S/C23H26N4O2S/c1-15-14-30-23(24-15)26-22(29)18-10-12-27(13-11-18)16(2)21(28)25-20-9-5-7-17-6-3-4-8-19(17)20/h3-9,14,16,18H,10-13H2,1-2H3,(H,25,28)(H,24,26,29). The Morgan fingerprint density at radius 1 is 1.10 bits per heavy atom. The second-order valence-electron chi connectivity index (χ2n) is 7.79. The molecule has 1 saturated heterocycles. The van der Waals surface area contributed by atoms with Crippen molar-refractivity contribution in [3.05, 3.63) is 53.5 Å². The molecule has 4 rings (SSSR count). The van der Waals surface area contributed by atoms with Crippen LogP contribution in [0.3, 0.4) is 0 Å². The van der Waals surface area contributed by atoms with Gasteiger partial charge in [-0.2, -0.15) is 0 Å². The van der Waals surface area contributed by atoms with Crippen molar-refractivity contribution in [3.63, 3.8) is 0 Å². The molecule has 30 heavy (non-hydrogen) atoms. The average Bonchev–Trinajstić information content (AvgIpc) is 3.18. The van der Waals surface area contributed by atoms with Gasteiger partial charge in [0.25, 0.3) is 0 Å². The van der Waals surface area contributed by atoms with E-state index < -0.39 is 0 Å². The number of hydrogen-bond donors (Lipinski definition) is 2. The molecule has 1 aliphatic rings. The Balaban J connectivity index is 1.33. The van der Waals surface area contributed by atoms with Gasteiger partial charge in [-0.3, -0.25) is 14.5 Å². The minimum atomic E-state index is -0.255. The molecule has 2 heterocycles. The average molecular weight is 423 g/mol. The number of nitrogens with zero attached hydrogens (tertiary/aromatic N) is 2. The fraction of sp³-hybridized carbons (Fsp3) is 0.348. The van der Waals surface area contributed by atoms with E-state index in [9.17, 15) is 9.59 Å². The zero-order chi connectivity index (χ0) is 21.1. The number of aromatic nitrogens is 1. The highest BCUT2D eigenvalue weighted by Gasteiger charge is 2.30. The zero-order valence-electron chi connectivity index (χ0n) is 17.2. The number of fused-ring (bicyclic) bond motifs is 1. The van der Waals surface area contributed by atoms with E-state index in [1.165, 1.54) is 11.3 Å². The van der Waals surface area contributed by atoms with Crippen LogP contribution in [0.25, 0.3) is 10.8 Å². The first-order valence-electron chi connectivity index (χ1n) is 10.3. The number of carbonyl (C=O) groups excluding carboxylic acids is 2. The van der Waals surface area contributed by atoms with E-state index in [2.05, 4.69) is 20.5 Å². The molecule has 7 heteroatoms. The van der Waals surface area contributed by atoms with Gasteiger partial charge in [0.05, 0.1) is 11.7 Å². The zero-order valence-corrected chi connectivity index (χ0v) is 18.0. The van der Waals surface area contributed by atoms with Crippen molar-refractivity contribution >= 4 is 44.7 Å². The predicted octanol–water partition coefficient (Wildman–Crippen LogP) is 4.28. The number of likely N-dealkylation sites (tertiary alicyclic amines) is 1. The summed E-state index contributed by atoms with van der Waals surface area (Å²) in [4.78, 5) is 31.8. The molecule has 1 unspecified atom stereocenters. The number of benzene rings is 2. The van der Waals surface area contributed by atoms with Crippen molar-refractivity contribution in [3.8, 4) is 0 Å². The van der Waals surface area contributed by atoms with Gasteiger partial charge in [-0.05, 0) is 51.2 Å². The Bertz CT molecular complexity index is 1050. The number of thiazole rings is 1. The number of aryl methyl sites for hydroxylation is 1. The van der Waals surface area contributed by atoms with Crippen LogP contribution in [0.2, 0.25) is 0 Å². The van der Waals surface area contributed by atoms with E-state index in [1.807, 2.05) is 61.7 Å². The summed E-state index contributed by atoms with van der Waals surface area (Å²) in [6.45, 7) is 5.28. The molecule has 0 saturated carbocycles. The Labute approximate surface area is 180 Å². The number of anilines is 2. The highest BCUT2D eigenvalue weighted by atomic mass is 32.1. The minimum absolute atomic E-state index is 0.0208. The SMILES string of the molecule is Cc1csc(NC(=O)C2CCN(C(C)C(=O)Nc3cccc4ccccc34)CC2)n1. The first-order valence-corrected chi connectivity index (χ1v) is 11.1. The van der Waals surface area contributed by atoms with Gasteiger partial charge in [-0.1, -0.05) is 36.4 Å². The molecule has 0 bridgehead atoms. The molecule has 0 radical (unpaired) electrons. The van der Waals surface area contributed by atoms with Crippen LogP contribution in [0.4, 0.5) is 10.8 Å². The highest BCUT2D eigenvalue weighted by molar-refractivity contribution is 7.13. The number of rotatable bonds is 5. The summed E-state index contributed by atoms with van der Waals surface area (Å²) in [6, 6.07) is 13.7. The van der Waals surface area contributed by atoms with Gasteiger partial charge in [-0.15, -0.1) is 11.3 Å². The Kier molecular flexibility index (Phi) is 6.11. The summed E-state index contributed by atoms with van der Waals surface area (Å²) >= 11 is 1.45. The lowest BCUT2D eigenvalue weighted by Gasteiger charge is -2.34. The van der Waals surface area contributed by atoms with Crippen molar-refractivity contribution in [2.24, 2.45) is 5.92 Å². The number of amides is 2. The second kappa shape index (κ2) is 8.93. The molecular formula is C23H26N4O2S. The lowest BCUT2D eigenvalue weighted by Crippen LogP contribution is -2.47. The van der Waals surface area contributed by atoms with E-state index in [0.29, 0.717) is 5.13 Å². The topological polar surface area (TPSA) is 74.3 Å². The van der Waals surface area contributed by atoms with Gasteiger partial charge in [-0.25, -0.2) is 4.98 Å². The molecule has 2 aromatic carbocycles. The lowest BCUT2D eigenvalue weighted by atomic mass is 9.95. The van der Waals surface area contributed by atoms with Crippen LogP contribution in [0, 0.1) is 12.8 Å². The van der Waals surface area contributed by atoms with Gasteiger partial charge in [0.15, 0.2) is 5.13 Å². The van der Waals surface area contributed by atoms with Crippen molar-refractivity contribution < 1.29 is 9.59 Å². The quantitative estimate of drug-likeness (QED) is 0.644. The molecule has 0 spiro atoms. The minimum Gasteiger partial charge on any atom is -0.324 e. The Morgan fingerprint density at radius 3 is 2.57 bits per heavy atom. The second-order valence-corrected chi connectivity index (χ2v) is 8.64. The largest absolute Gasteiger partial charge is 0.324 e. The fourth-order valence-electron chi connectivity index (χ4n) is 3.91. The first-order chi connectivity index (χ1) is 14.5. The summed E-state index contributed by atoms with van der Waals surface area (Å²) < 4.78 is 0. The van der Waals surface area contributed by atoms with E-state index in [4.69, 9.17) is 0 Å². The molecule has 2 N–H and O–H groups in total. The summed E-state index contributed by atoms with van der Waals surface area (Å²) in [5.74, 6) is -0.0387. The van der Waals surface area contributed by atoms with Crippen molar-refractivity contribution in [2.45, 2.75) is 32.7 Å². The molecule has 1 atom stereocenters. The normalized spacial score (nSPS) is 16.3. The van der Waals surface area contributed by atoms with Crippen LogP contribution < -0.4 is 10.6 Å². The maximum Gasteiger partial charge on any atom is 0.241 e. The lowest BCUT2D eigenvalue weighted by molar-refractivity contribution is -0.123. The summed E-state index contributed by atoms with van der Waals surface area (Å²) in [5.41, 5.74) is 1.74. The van der Waals surface area contributed by atoms with E-state index in [-0.39, 0.29) is 23.8 Å². The van der Waals surface area contributed by atoms with Crippen molar-refractivity contribution in [1.82, 2.24) is 9.88 Å². The third-order valence-corrected chi connectivity index (χ3v) is 6.60. The third kappa shape index (κ3) is 4.52. The smallest absolute Gasteiger partial charge is 0.241 e. The molecule has 1 aliphatic heterocycles. The molecule has 0 aliphatic carbocycles. The van der Waals surface area contributed by atoms with E-state index in [1.54, 1.807) is 0 Å². The van der Waals surface area contributed by atoms with Crippen LogP contribution in [0.15, 0.2) is 47.8 Å². The fourth-order valence-corrected chi connectivity index (χ4v) is 4.60. The summed E-state index contributed by atoms with van der Waals surface area (Å²) in [6.07, 6.45) is 1.48. The summed E-state index contributed by atoms with van der Waals surface area (Å²) in [7, 11) is 0. The number of hydrogen-bond acceptors (Lipinski definition) is 5. The summed E-state index contributed by atoms with van der Waals surface area (Å²) in [5, 5.41) is 10.7. The van der Waals surface area contributed by atoms with Gasteiger partial charge in [0.2, 0.25) is 11.8 Å². The van der Waals surface area contributed by atoms with Crippen LogP contribution >= 0.6 is 11.3 Å². The third-order valence-electron chi connectivity index (χ3n) is 5.72. The molecule has 6 nitrogen and oxygen atoms in total. The number of piperidine rings is 1. The van der Waals surface area contributed by atoms with Gasteiger partial charge < -0.3 is 10.6 Å². The maximum absolute atomic E-state index is 12.9. The van der Waals surface area contributed by atoms with Crippen LogP contribution in [0.5, 0.6) is 0 Å². The molecule has 1 aromatic heterocycles. The van der Waals surface area contributed by atoms with E-state index in [0.717, 1.165) is 48.1 Å². The molecule has 1 fully saturated rings. The Hall–Kier alpha value is -2.77. The maximum atomic E-state index is 12.9. The molecular weight excluding hydrogens is 396 g/mol. The van der Waals surface area contributed by atoms with Gasteiger partial charge >= 0.3 is 0 Å². The monoisotopic (exact) mass is 422 g/mol. The number of nitrogens with one attached hydrogen (secondary N) is 2. The van der Waals surface area contributed by atoms with Crippen LogP contribution in [-0.4, -0.2) is 40.8 Å². The van der Waals surface area contributed by atoms with E-state index >= 15 is 0 Å². The first kappa shape index (κ1) is 20.5. The Morgan fingerprint density at radius 2 is 1.83 bits per heavy atom. The van der Waals surface area contributed by atoms with Crippen LogP contribution in [0.1, 0.15) is 25.5 Å². The van der Waals surface area contributed by atoms with Crippen molar-refractivity contribution in [1.29, 1.82) is 0 Å². The molecule has 156 valence electrons. The number of carbonyl (C=O) groups is 2. The highest BCUT2D eigenvalue weighted by Crippen LogP contribution is 2.25. The van der Waals surface area contributed by atoms with Gasteiger partial charge in [0.1, 0.15) is 0 Å². The van der Waals surface area contributed by atoms with Crippen molar-refractivity contribution in [2.75, 3.05) is 23.7 Å². The predicted molar refractivity (Wildman–Crippen MR) is 122 cm³/mol. The van der Waals surface area contributed by atoms with Gasteiger partial charge in [0, 0.05) is 22.4 Å². The molecule has 2 amide bonds. The molecule has 3 aromatic rings.